The summed E-state index contributed by atoms with van der Waals surface area (Å²) >= 11 is 1.66. The Hall–Kier alpha value is -1.69. The predicted molar refractivity (Wildman–Crippen MR) is 84.7 cm³/mol. The number of hydrogen-bond donors (Lipinski definition) is 1. The third kappa shape index (κ3) is 3.69. The molecule has 114 valence electrons. The first-order chi connectivity index (χ1) is 10.0. The molecule has 0 radical (unpaired) electrons. The van der Waals surface area contributed by atoms with Crippen molar-refractivity contribution < 1.29 is 9.21 Å². The smallest absolute Gasteiger partial charge is 0.287 e. The number of amides is 1. The van der Waals surface area contributed by atoms with Crippen molar-refractivity contribution in [3.63, 3.8) is 0 Å². The van der Waals surface area contributed by atoms with E-state index in [2.05, 4.69) is 17.3 Å². The van der Waals surface area contributed by atoms with Crippen molar-refractivity contribution >= 4 is 17.7 Å². The van der Waals surface area contributed by atoms with Gasteiger partial charge in [0.15, 0.2) is 5.76 Å². The molecule has 5 nitrogen and oxygen atoms in total. The molecule has 0 unspecified atom stereocenters. The molecule has 0 bridgehead atoms. The number of carbonyl (C=O) groups excluding carboxylic acids is 1. The van der Waals surface area contributed by atoms with E-state index >= 15 is 0 Å². The van der Waals surface area contributed by atoms with Gasteiger partial charge in [-0.15, -0.1) is 0 Å². The maximum Gasteiger partial charge on any atom is 0.287 e. The van der Waals surface area contributed by atoms with E-state index in [1.54, 1.807) is 17.8 Å². The highest BCUT2D eigenvalue weighted by atomic mass is 32.2. The molecule has 0 atom stereocenters. The second-order valence-corrected chi connectivity index (χ2v) is 5.84. The van der Waals surface area contributed by atoms with Crippen molar-refractivity contribution in [2.75, 3.05) is 12.8 Å². The molecule has 2 aromatic rings. The molecule has 1 amide bonds. The normalized spacial score (nSPS) is 10.9. The van der Waals surface area contributed by atoms with E-state index in [4.69, 9.17) is 4.42 Å². The molecule has 0 aliphatic carbocycles. The fraction of sp³-hybridized carbons (Fsp3) is 0.467. The maximum atomic E-state index is 12.0. The predicted octanol–water partition coefficient (Wildman–Crippen LogP) is 2.69. The number of hydrogen-bond acceptors (Lipinski definition) is 4. The van der Waals surface area contributed by atoms with Gasteiger partial charge >= 0.3 is 0 Å². The standard InChI is InChI=1S/C15H21N3O2S/c1-10-11(2)17-18(12(10)3)8-7-16-15(19)14-6-5-13(20-14)9-21-4/h5-6H,7-9H2,1-4H3,(H,16,19). The van der Waals surface area contributed by atoms with Gasteiger partial charge in [0.25, 0.3) is 5.91 Å². The highest BCUT2D eigenvalue weighted by Crippen LogP contribution is 2.13. The molecule has 6 heteroatoms. The van der Waals surface area contributed by atoms with Gasteiger partial charge in [0.1, 0.15) is 5.76 Å². The molecule has 1 N–H and O–H groups in total. The minimum atomic E-state index is -0.180. The summed E-state index contributed by atoms with van der Waals surface area (Å²) in [6.07, 6.45) is 2.00. The second kappa shape index (κ2) is 6.85. The Labute approximate surface area is 129 Å². The highest BCUT2D eigenvalue weighted by molar-refractivity contribution is 7.97. The Morgan fingerprint density at radius 1 is 1.38 bits per heavy atom. The quantitative estimate of drug-likeness (QED) is 0.891. The number of furan rings is 1. The van der Waals surface area contributed by atoms with E-state index in [0.29, 0.717) is 18.8 Å². The Balaban J connectivity index is 1.87. The lowest BCUT2D eigenvalue weighted by Gasteiger charge is -2.06. The van der Waals surface area contributed by atoms with Crippen molar-refractivity contribution in [2.45, 2.75) is 33.1 Å². The maximum absolute atomic E-state index is 12.0. The summed E-state index contributed by atoms with van der Waals surface area (Å²) in [5.74, 6) is 1.78. The van der Waals surface area contributed by atoms with Crippen LogP contribution in [0.2, 0.25) is 0 Å². The lowest BCUT2D eigenvalue weighted by Crippen LogP contribution is -2.27. The van der Waals surface area contributed by atoms with Gasteiger partial charge in [0.2, 0.25) is 0 Å². The average Bonchev–Trinajstić information content (AvgIpc) is 3.01. The van der Waals surface area contributed by atoms with Crippen LogP contribution in [0.3, 0.4) is 0 Å². The summed E-state index contributed by atoms with van der Waals surface area (Å²) < 4.78 is 7.40. The summed E-state index contributed by atoms with van der Waals surface area (Å²) in [7, 11) is 0. The van der Waals surface area contributed by atoms with Crippen molar-refractivity contribution in [2.24, 2.45) is 0 Å². The van der Waals surface area contributed by atoms with Crippen LogP contribution in [0, 0.1) is 20.8 Å². The number of aryl methyl sites for hydroxylation is 1. The topological polar surface area (TPSA) is 60.1 Å². The van der Waals surface area contributed by atoms with Crippen LogP contribution in [0.4, 0.5) is 0 Å². The van der Waals surface area contributed by atoms with Crippen molar-refractivity contribution in [1.82, 2.24) is 15.1 Å². The third-order valence-electron chi connectivity index (χ3n) is 3.52. The zero-order valence-electron chi connectivity index (χ0n) is 12.9. The number of aromatic nitrogens is 2. The Morgan fingerprint density at radius 2 is 2.14 bits per heavy atom. The van der Waals surface area contributed by atoms with Gasteiger partial charge in [0, 0.05) is 12.2 Å². The first kappa shape index (κ1) is 15.7. The van der Waals surface area contributed by atoms with Gasteiger partial charge in [-0.25, -0.2) is 0 Å². The van der Waals surface area contributed by atoms with Gasteiger partial charge in [-0.3, -0.25) is 9.48 Å². The monoisotopic (exact) mass is 307 g/mol. The van der Waals surface area contributed by atoms with E-state index < -0.39 is 0 Å². The summed E-state index contributed by atoms with van der Waals surface area (Å²) in [5.41, 5.74) is 3.38. The Bertz CT molecular complexity index is 631. The molecular formula is C15H21N3O2S. The van der Waals surface area contributed by atoms with Crippen LogP contribution >= 0.6 is 11.8 Å². The molecule has 2 heterocycles. The van der Waals surface area contributed by atoms with Crippen LogP contribution in [-0.2, 0) is 12.3 Å². The third-order valence-corrected chi connectivity index (χ3v) is 4.10. The molecule has 0 fully saturated rings. The van der Waals surface area contributed by atoms with E-state index in [0.717, 1.165) is 22.9 Å². The van der Waals surface area contributed by atoms with Crippen LogP contribution in [0.5, 0.6) is 0 Å². The molecule has 0 aromatic carbocycles. The lowest BCUT2D eigenvalue weighted by molar-refractivity contribution is 0.0922. The second-order valence-electron chi connectivity index (χ2n) is 4.97. The number of thioether (sulfide) groups is 1. The molecular weight excluding hydrogens is 286 g/mol. The van der Waals surface area contributed by atoms with Crippen LogP contribution in [0.15, 0.2) is 16.5 Å². The number of nitrogens with zero attached hydrogens (tertiary/aromatic N) is 2. The Kier molecular flexibility index (Phi) is 5.12. The van der Waals surface area contributed by atoms with E-state index in [-0.39, 0.29) is 5.91 Å². The molecule has 2 rings (SSSR count). The Morgan fingerprint density at radius 3 is 2.76 bits per heavy atom. The number of carbonyl (C=O) groups is 1. The molecule has 0 spiro atoms. The van der Waals surface area contributed by atoms with Gasteiger partial charge < -0.3 is 9.73 Å². The van der Waals surface area contributed by atoms with Crippen molar-refractivity contribution in [3.8, 4) is 0 Å². The molecule has 21 heavy (non-hydrogen) atoms. The fourth-order valence-corrected chi connectivity index (χ4v) is 2.53. The minimum Gasteiger partial charge on any atom is -0.455 e. The van der Waals surface area contributed by atoms with Crippen molar-refractivity contribution in [1.29, 1.82) is 0 Å². The summed E-state index contributed by atoms with van der Waals surface area (Å²) in [6.45, 7) is 7.28. The molecule has 0 saturated heterocycles. The molecule has 0 saturated carbocycles. The zero-order chi connectivity index (χ0) is 15.4. The van der Waals surface area contributed by atoms with Gasteiger partial charge in [-0.1, -0.05) is 0 Å². The van der Waals surface area contributed by atoms with Crippen LogP contribution in [0.1, 0.15) is 33.3 Å². The van der Waals surface area contributed by atoms with Crippen LogP contribution in [0.25, 0.3) is 0 Å². The van der Waals surface area contributed by atoms with Crippen LogP contribution < -0.4 is 5.32 Å². The average molecular weight is 307 g/mol. The van der Waals surface area contributed by atoms with Gasteiger partial charge in [0.05, 0.1) is 18.0 Å². The van der Waals surface area contributed by atoms with Crippen molar-refractivity contribution in [3.05, 3.63) is 40.6 Å². The number of rotatable bonds is 6. The summed E-state index contributed by atoms with van der Waals surface area (Å²) in [5, 5.41) is 7.31. The summed E-state index contributed by atoms with van der Waals surface area (Å²) in [4.78, 5) is 12.0. The first-order valence-electron chi connectivity index (χ1n) is 6.89. The molecule has 2 aromatic heterocycles. The minimum absolute atomic E-state index is 0.180. The highest BCUT2D eigenvalue weighted by Gasteiger charge is 2.11. The van der Waals surface area contributed by atoms with E-state index in [1.165, 1.54) is 5.56 Å². The largest absolute Gasteiger partial charge is 0.455 e. The SMILES string of the molecule is CSCc1ccc(C(=O)NCCn2nc(C)c(C)c2C)o1. The van der Waals surface area contributed by atoms with Gasteiger partial charge in [-0.2, -0.15) is 16.9 Å². The van der Waals surface area contributed by atoms with E-state index in [1.807, 2.05) is 30.9 Å². The molecule has 0 aliphatic heterocycles. The number of nitrogens with one attached hydrogen (secondary N) is 1. The summed E-state index contributed by atoms with van der Waals surface area (Å²) in [6, 6.07) is 3.56. The van der Waals surface area contributed by atoms with E-state index in [9.17, 15) is 4.79 Å². The zero-order valence-corrected chi connectivity index (χ0v) is 13.7. The van der Waals surface area contributed by atoms with Crippen LogP contribution in [-0.4, -0.2) is 28.5 Å². The first-order valence-corrected chi connectivity index (χ1v) is 8.28. The fourth-order valence-electron chi connectivity index (χ4n) is 2.09. The lowest BCUT2D eigenvalue weighted by atomic mass is 10.2. The molecule has 0 aliphatic rings. The van der Waals surface area contributed by atoms with Gasteiger partial charge in [-0.05, 0) is 44.7 Å².